The van der Waals surface area contributed by atoms with Crippen LogP contribution < -0.4 is 11.3 Å². The van der Waals surface area contributed by atoms with Crippen molar-refractivity contribution in [2.24, 2.45) is 5.10 Å². The van der Waals surface area contributed by atoms with E-state index < -0.39 is 0 Å². The van der Waals surface area contributed by atoms with Gasteiger partial charge in [-0.2, -0.15) is 5.10 Å². The molecule has 0 radical (unpaired) electrons. The summed E-state index contributed by atoms with van der Waals surface area (Å²) in [5.41, 5.74) is 5.96. The van der Waals surface area contributed by atoms with Crippen LogP contribution in [0.1, 0.15) is 18.1 Å². The highest BCUT2D eigenvalue weighted by Gasteiger charge is 2.10. The maximum atomic E-state index is 6.13. The molecule has 0 fully saturated rings. The molecule has 0 saturated heterocycles. The highest BCUT2D eigenvalue weighted by molar-refractivity contribution is 9.10. The summed E-state index contributed by atoms with van der Waals surface area (Å²) in [6.45, 7) is 1.94. The predicted molar refractivity (Wildman–Crippen MR) is 124 cm³/mol. The normalized spacial score (nSPS) is 11.7. The molecule has 0 spiro atoms. The first-order valence-corrected chi connectivity index (χ1v) is 10.8. The second-order valence-corrected chi connectivity index (χ2v) is 8.32. The van der Waals surface area contributed by atoms with Crippen LogP contribution in [0.4, 0.5) is 5.95 Å². The standard InChI is InChI=1S/C21H19BrN6S/c1-14(17-10-9-16-6-2-3-7-18(16)12-17)24-25-20-26-27-21(28(20)23)29-13-15-5-4-8-19(22)11-15/h2-12H,13,23H2,1H3,(H,25,26)/b24-14+. The van der Waals surface area contributed by atoms with Crippen molar-refractivity contribution in [3.05, 3.63) is 82.3 Å². The number of nitrogens with one attached hydrogen (secondary N) is 1. The summed E-state index contributed by atoms with van der Waals surface area (Å²) in [7, 11) is 0. The van der Waals surface area contributed by atoms with Crippen molar-refractivity contribution in [1.82, 2.24) is 14.9 Å². The number of thioether (sulfide) groups is 1. The molecule has 0 aliphatic carbocycles. The molecule has 0 atom stereocenters. The molecule has 1 heterocycles. The molecule has 29 heavy (non-hydrogen) atoms. The van der Waals surface area contributed by atoms with E-state index in [9.17, 15) is 0 Å². The van der Waals surface area contributed by atoms with E-state index in [1.165, 1.54) is 32.8 Å². The van der Waals surface area contributed by atoms with Crippen molar-refractivity contribution in [2.45, 2.75) is 17.8 Å². The molecule has 0 aliphatic rings. The van der Waals surface area contributed by atoms with Crippen molar-refractivity contribution in [2.75, 3.05) is 11.3 Å². The van der Waals surface area contributed by atoms with Gasteiger partial charge in [-0.3, -0.25) is 0 Å². The van der Waals surface area contributed by atoms with Gasteiger partial charge in [0.2, 0.25) is 5.16 Å². The number of nitrogens with two attached hydrogens (primary N) is 1. The SMILES string of the molecule is C/C(=N\Nc1nnc(SCc2cccc(Br)c2)n1N)c1ccc2ccccc2c1. The van der Waals surface area contributed by atoms with E-state index in [0.29, 0.717) is 11.1 Å². The van der Waals surface area contributed by atoms with Gasteiger partial charge in [-0.1, -0.05) is 76.2 Å². The van der Waals surface area contributed by atoms with Crippen molar-refractivity contribution in [3.63, 3.8) is 0 Å². The van der Waals surface area contributed by atoms with Gasteiger partial charge in [0.05, 0.1) is 5.71 Å². The number of rotatable bonds is 6. The predicted octanol–water partition coefficient (Wildman–Crippen LogP) is 5.04. The van der Waals surface area contributed by atoms with E-state index in [1.807, 2.05) is 31.2 Å². The molecule has 1 aromatic heterocycles. The van der Waals surface area contributed by atoms with Crippen molar-refractivity contribution >= 4 is 50.1 Å². The molecule has 3 aromatic carbocycles. The summed E-state index contributed by atoms with van der Waals surface area (Å²) in [5.74, 6) is 7.26. The molecule has 0 amide bonds. The van der Waals surface area contributed by atoms with E-state index in [1.54, 1.807) is 0 Å². The molecular formula is C21H19BrN6S. The van der Waals surface area contributed by atoms with Crippen molar-refractivity contribution in [3.8, 4) is 0 Å². The second-order valence-electron chi connectivity index (χ2n) is 6.47. The first kappa shape index (κ1) is 19.5. The van der Waals surface area contributed by atoms with E-state index in [4.69, 9.17) is 5.84 Å². The Balaban J connectivity index is 1.45. The molecular weight excluding hydrogens is 448 g/mol. The van der Waals surface area contributed by atoms with Gasteiger partial charge >= 0.3 is 0 Å². The van der Waals surface area contributed by atoms with Crippen LogP contribution in [0.15, 0.2) is 81.5 Å². The monoisotopic (exact) mass is 466 g/mol. The minimum absolute atomic E-state index is 0.391. The number of benzene rings is 3. The molecule has 0 aliphatic heterocycles. The smallest absolute Gasteiger partial charge is 0.264 e. The van der Waals surface area contributed by atoms with Crippen LogP contribution in [0.25, 0.3) is 10.8 Å². The third-order valence-corrected chi connectivity index (χ3v) is 5.92. The maximum absolute atomic E-state index is 6.13. The van der Waals surface area contributed by atoms with Crippen LogP contribution in [0.2, 0.25) is 0 Å². The molecule has 0 saturated carbocycles. The van der Waals surface area contributed by atoms with Gasteiger partial charge in [0.15, 0.2) is 0 Å². The number of hydrazone groups is 1. The first-order chi connectivity index (χ1) is 14.1. The zero-order valence-corrected chi connectivity index (χ0v) is 18.1. The van der Waals surface area contributed by atoms with E-state index in [-0.39, 0.29) is 0 Å². The number of hydrogen-bond acceptors (Lipinski definition) is 6. The first-order valence-electron chi connectivity index (χ1n) is 8.97. The Morgan fingerprint density at radius 1 is 1.07 bits per heavy atom. The van der Waals surface area contributed by atoms with Crippen LogP contribution in [-0.2, 0) is 5.75 Å². The number of fused-ring (bicyclic) bond motifs is 1. The quantitative estimate of drug-likeness (QED) is 0.180. The summed E-state index contributed by atoms with van der Waals surface area (Å²) in [6.07, 6.45) is 0. The van der Waals surface area contributed by atoms with Crippen LogP contribution in [0.5, 0.6) is 0 Å². The van der Waals surface area contributed by atoms with Gasteiger partial charge in [-0.15, -0.1) is 10.2 Å². The fraction of sp³-hybridized carbons (Fsp3) is 0.0952. The number of nitrogens with zero attached hydrogens (tertiary/aromatic N) is 4. The summed E-state index contributed by atoms with van der Waals surface area (Å²) in [6, 6.07) is 22.6. The number of anilines is 1. The molecule has 0 bridgehead atoms. The zero-order valence-electron chi connectivity index (χ0n) is 15.7. The highest BCUT2D eigenvalue weighted by Crippen LogP contribution is 2.23. The van der Waals surface area contributed by atoms with Gasteiger partial charge in [-0.25, -0.2) is 10.1 Å². The van der Waals surface area contributed by atoms with Gasteiger partial charge in [0.25, 0.3) is 5.95 Å². The molecule has 4 rings (SSSR count). The molecule has 3 N–H and O–H groups in total. The van der Waals surface area contributed by atoms with Gasteiger partial charge in [0, 0.05) is 10.2 Å². The van der Waals surface area contributed by atoms with E-state index in [2.05, 4.69) is 79.1 Å². The van der Waals surface area contributed by atoms with Gasteiger partial charge in [0.1, 0.15) is 0 Å². The number of aromatic nitrogens is 3. The molecule has 8 heteroatoms. The fourth-order valence-electron chi connectivity index (χ4n) is 2.84. The Morgan fingerprint density at radius 3 is 2.72 bits per heavy atom. The van der Waals surface area contributed by atoms with Crippen LogP contribution in [0.3, 0.4) is 0 Å². The fourth-order valence-corrected chi connectivity index (χ4v) is 4.09. The molecule has 6 nitrogen and oxygen atoms in total. The Hall–Kier alpha value is -2.84. The minimum atomic E-state index is 0.391. The minimum Gasteiger partial charge on any atom is -0.334 e. The zero-order chi connectivity index (χ0) is 20.2. The lowest BCUT2D eigenvalue weighted by molar-refractivity contribution is 0.846. The lowest BCUT2D eigenvalue weighted by Gasteiger charge is -2.06. The van der Waals surface area contributed by atoms with Crippen molar-refractivity contribution in [1.29, 1.82) is 0 Å². The van der Waals surface area contributed by atoms with Gasteiger partial charge < -0.3 is 5.84 Å². The number of nitrogen functional groups attached to an aromatic ring is 1. The van der Waals surface area contributed by atoms with Gasteiger partial charge in [-0.05, 0) is 47.0 Å². The maximum Gasteiger partial charge on any atom is 0.264 e. The molecule has 4 aromatic rings. The summed E-state index contributed by atoms with van der Waals surface area (Å²) in [4.78, 5) is 0. The lowest BCUT2D eigenvalue weighted by Crippen LogP contribution is -2.13. The van der Waals surface area contributed by atoms with Crippen LogP contribution in [-0.4, -0.2) is 20.6 Å². The average Bonchev–Trinajstić information content (AvgIpc) is 3.09. The molecule has 146 valence electrons. The van der Waals surface area contributed by atoms with Crippen LogP contribution in [0, 0.1) is 0 Å². The topological polar surface area (TPSA) is 81.1 Å². The van der Waals surface area contributed by atoms with Crippen molar-refractivity contribution < 1.29 is 0 Å². The summed E-state index contributed by atoms with van der Waals surface area (Å²) >= 11 is 5.00. The largest absolute Gasteiger partial charge is 0.334 e. The Bertz CT molecular complexity index is 1190. The third-order valence-electron chi connectivity index (χ3n) is 4.41. The highest BCUT2D eigenvalue weighted by atomic mass is 79.9. The second kappa shape index (κ2) is 8.67. The summed E-state index contributed by atoms with van der Waals surface area (Å²) in [5, 5.41) is 15.7. The molecule has 0 unspecified atom stereocenters. The average molecular weight is 467 g/mol. The Morgan fingerprint density at radius 2 is 1.90 bits per heavy atom. The lowest BCUT2D eigenvalue weighted by atomic mass is 10.0. The number of halogens is 1. The van der Waals surface area contributed by atoms with E-state index >= 15 is 0 Å². The third kappa shape index (κ3) is 4.60. The number of hydrogen-bond donors (Lipinski definition) is 2. The Kier molecular flexibility index (Phi) is 5.82. The Labute approximate surface area is 181 Å². The van der Waals surface area contributed by atoms with E-state index in [0.717, 1.165) is 21.5 Å². The summed E-state index contributed by atoms with van der Waals surface area (Å²) < 4.78 is 2.46. The van der Waals surface area contributed by atoms with Crippen LogP contribution >= 0.6 is 27.7 Å².